The number of para-hydroxylation sites is 1. The zero-order valence-electron chi connectivity index (χ0n) is 16.9. The Morgan fingerprint density at radius 2 is 1.94 bits per heavy atom. The van der Waals surface area contributed by atoms with E-state index in [4.69, 9.17) is 0 Å². The molecule has 1 fully saturated rings. The Kier molecular flexibility index (Phi) is 4.91. The fraction of sp³-hybridized carbons (Fsp3) is 0.261. The van der Waals surface area contributed by atoms with E-state index in [2.05, 4.69) is 37.2 Å². The molecule has 31 heavy (non-hydrogen) atoms. The average Bonchev–Trinajstić information content (AvgIpc) is 3.26. The van der Waals surface area contributed by atoms with Gasteiger partial charge in [-0.1, -0.05) is 12.1 Å². The van der Waals surface area contributed by atoms with Gasteiger partial charge in [-0.3, -0.25) is 19.3 Å². The predicted octanol–water partition coefficient (Wildman–Crippen LogP) is 3.58. The van der Waals surface area contributed by atoms with Crippen LogP contribution in [-0.2, 0) is 27.3 Å². The summed E-state index contributed by atoms with van der Waals surface area (Å²) in [5, 5.41) is 3.84. The Hall–Kier alpha value is -2.97. The third kappa shape index (κ3) is 3.45. The fourth-order valence-corrected chi connectivity index (χ4v) is 5.02. The molecule has 1 atom stereocenters. The summed E-state index contributed by atoms with van der Waals surface area (Å²) in [7, 11) is 0. The van der Waals surface area contributed by atoms with Crippen molar-refractivity contribution in [2.45, 2.75) is 32.4 Å². The van der Waals surface area contributed by atoms with Crippen LogP contribution >= 0.6 is 15.9 Å². The number of H-pyrrole nitrogens is 1. The quantitative estimate of drug-likeness (QED) is 0.561. The van der Waals surface area contributed by atoms with Crippen LogP contribution in [0.5, 0.6) is 0 Å². The van der Waals surface area contributed by atoms with Gasteiger partial charge in [0, 0.05) is 47.7 Å². The van der Waals surface area contributed by atoms with E-state index in [0.717, 1.165) is 28.3 Å². The molecule has 2 aromatic carbocycles. The Bertz CT molecular complexity index is 1220. The molecule has 1 saturated heterocycles. The highest BCUT2D eigenvalue weighted by Gasteiger charge is 2.43. The zero-order valence-corrected chi connectivity index (χ0v) is 18.5. The van der Waals surface area contributed by atoms with Crippen molar-refractivity contribution in [2.24, 2.45) is 0 Å². The first kappa shape index (κ1) is 20.0. The van der Waals surface area contributed by atoms with Crippen molar-refractivity contribution in [1.29, 1.82) is 0 Å². The second-order valence-corrected chi connectivity index (χ2v) is 8.83. The second kappa shape index (κ2) is 7.62. The summed E-state index contributed by atoms with van der Waals surface area (Å²) >= 11 is 3.60. The SMILES string of the molecule is CC(=O)Nc1ccc(N2C(=O)CC(N3CCc4[nH]c5c(Br)cccc5c4C3)C2=O)cc1. The average molecular weight is 481 g/mol. The Morgan fingerprint density at radius 1 is 1.16 bits per heavy atom. The predicted molar refractivity (Wildman–Crippen MR) is 122 cm³/mol. The van der Waals surface area contributed by atoms with Gasteiger partial charge in [0.15, 0.2) is 0 Å². The third-order valence-electron chi connectivity index (χ3n) is 6.00. The molecule has 1 aromatic heterocycles. The van der Waals surface area contributed by atoms with Crippen molar-refractivity contribution in [2.75, 3.05) is 16.8 Å². The number of aromatic amines is 1. The highest BCUT2D eigenvalue weighted by molar-refractivity contribution is 9.10. The Labute approximate surface area is 187 Å². The minimum Gasteiger partial charge on any atom is -0.357 e. The van der Waals surface area contributed by atoms with Crippen molar-refractivity contribution < 1.29 is 14.4 Å². The van der Waals surface area contributed by atoms with E-state index in [-0.39, 0.29) is 24.1 Å². The van der Waals surface area contributed by atoms with Crippen LogP contribution in [0.2, 0.25) is 0 Å². The third-order valence-corrected chi connectivity index (χ3v) is 6.66. The molecule has 0 aliphatic carbocycles. The van der Waals surface area contributed by atoms with Crippen LogP contribution in [0.4, 0.5) is 11.4 Å². The number of hydrogen-bond acceptors (Lipinski definition) is 4. The molecule has 0 saturated carbocycles. The van der Waals surface area contributed by atoms with Crippen LogP contribution in [0.3, 0.4) is 0 Å². The first-order chi connectivity index (χ1) is 14.9. The largest absolute Gasteiger partial charge is 0.357 e. The lowest BCUT2D eigenvalue weighted by atomic mass is 10.0. The molecule has 5 rings (SSSR count). The monoisotopic (exact) mass is 480 g/mol. The number of anilines is 2. The summed E-state index contributed by atoms with van der Waals surface area (Å²) in [6.07, 6.45) is 0.980. The number of hydrogen-bond donors (Lipinski definition) is 2. The van der Waals surface area contributed by atoms with Gasteiger partial charge >= 0.3 is 0 Å². The van der Waals surface area contributed by atoms with Crippen LogP contribution in [0.15, 0.2) is 46.9 Å². The van der Waals surface area contributed by atoms with Crippen molar-refractivity contribution in [3.8, 4) is 0 Å². The van der Waals surface area contributed by atoms with Gasteiger partial charge in [0.1, 0.15) is 0 Å². The molecular weight excluding hydrogens is 460 g/mol. The summed E-state index contributed by atoms with van der Waals surface area (Å²) in [6.45, 7) is 2.78. The molecule has 0 spiro atoms. The number of aromatic nitrogens is 1. The van der Waals surface area contributed by atoms with Crippen molar-refractivity contribution >= 4 is 55.9 Å². The standard InChI is InChI=1S/C23H21BrN4O3/c1-13(29)25-14-5-7-15(8-6-14)28-21(30)11-20(23(28)31)27-10-9-19-17(12-27)16-3-2-4-18(24)22(16)26-19/h2-8,20,26H,9-12H2,1H3,(H,25,29). The van der Waals surface area contributed by atoms with Crippen molar-refractivity contribution in [1.82, 2.24) is 9.88 Å². The number of rotatable bonds is 3. The molecular formula is C23H21BrN4O3. The zero-order chi connectivity index (χ0) is 21.7. The van der Waals surface area contributed by atoms with Gasteiger partial charge in [0.05, 0.1) is 23.7 Å². The van der Waals surface area contributed by atoms with Gasteiger partial charge in [0.25, 0.3) is 5.91 Å². The minimum atomic E-state index is -0.465. The molecule has 8 heteroatoms. The number of carbonyl (C=O) groups is 3. The maximum absolute atomic E-state index is 13.2. The molecule has 0 radical (unpaired) electrons. The highest BCUT2D eigenvalue weighted by Crippen LogP contribution is 2.34. The number of nitrogens with one attached hydrogen (secondary N) is 2. The molecule has 2 N–H and O–H groups in total. The molecule has 3 amide bonds. The summed E-state index contributed by atoms with van der Waals surface area (Å²) in [6, 6.07) is 12.4. The molecule has 7 nitrogen and oxygen atoms in total. The van der Waals surface area contributed by atoms with Gasteiger partial charge < -0.3 is 10.3 Å². The maximum atomic E-state index is 13.2. The summed E-state index contributed by atoms with van der Waals surface area (Å²) in [4.78, 5) is 44.1. The topological polar surface area (TPSA) is 85.5 Å². The van der Waals surface area contributed by atoms with Gasteiger partial charge in [-0.25, -0.2) is 4.90 Å². The lowest BCUT2D eigenvalue weighted by molar-refractivity contribution is -0.123. The van der Waals surface area contributed by atoms with Gasteiger partial charge in [0.2, 0.25) is 11.8 Å². The number of imide groups is 1. The molecule has 3 heterocycles. The van der Waals surface area contributed by atoms with Crippen LogP contribution in [-0.4, -0.2) is 40.2 Å². The molecule has 0 bridgehead atoms. The van der Waals surface area contributed by atoms with E-state index in [1.807, 2.05) is 12.1 Å². The molecule has 3 aromatic rings. The molecule has 1 unspecified atom stereocenters. The van der Waals surface area contributed by atoms with E-state index < -0.39 is 6.04 Å². The number of nitrogens with zero attached hydrogens (tertiary/aromatic N) is 2. The highest BCUT2D eigenvalue weighted by atomic mass is 79.9. The Balaban J connectivity index is 1.38. The van der Waals surface area contributed by atoms with E-state index in [0.29, 0.717) is 17.9 Å². The van der Waals surface area contributed by atoms with Crippen molar-refractivity contribution in [3.05, 3.63) is 58.2 Å². The summed E-state index contributed by atoms with van der Waals surface area (Å²) in [5.41, 5.74) is 4.62. The van der Waals surface area contributed by atoms with Gasteiger partial charge in [-0.2, -0.15) is 0 Å². The lowest BCUT2D eigenvalue weighted by Crippen LogP contribution is -2.44. The number of benzene rings is 2. The lowest BCUT2D eigenvalue weighted by Gasteiger charge is -2.31. The smallest absolute Gasteiger partial charge is 0.251 e. The summed E-state index contributed by atoms with van der Waals surface area (Å²) < 4.78 is 1.02. The second-order valence-electron chi connectivity index (χ2n) is 7.98. The number of carbonyl (C=O) groups excluding carboxylic acids is 3. The minimum absolute atomic E-state index is 0.171. The number of amides is 3. The fourth-order valence-electron chi connectivity index (χ4n) is 4.56. The van der Waals surface area contributed by atoms with Gasteiger partial charge in [-0.05, 0) is 51.8 Å². The van der Waals surface area contributed by atoms with Gasteiger partial charge in [-0.15, -0.1) is 0 Å². The summed E-state index contributed by atoms with van der Waals surface area (Å²) in [5.74, 6) is -0.564. The number of fused-ring (bicyclic) bond motifs is 3. The maximum Gasteiger partial charge on any atom is 0.251 e. The van der Waals surface area contributed by atoms with Crippen LogP contribution in [0.1, 0.15) is 24.6 Å². The van der Waals surface area contributed by atoms with Crippen molar-refractivity contribution in [3.63, 3.8) is 0 Å². The number of halogens is 1. The molecule has 2 aliphatic heterocycles. The van der Waals surface area contributed by atoms with E-state index in [1.165, 1.54) is 23.1 Å². The van der Waals surface area contributed by atoms with E-state index >= 15 is 0 Å². The Morgan fingerprint density at radius 3 is 2.68 bits per heavy atom. The first-order valence-electron chi connectivity index (χ1n) is 10.2. The van der Waals surface area contributed by atoms with Crippen LogP contribution in [0, 0.1) is 0 Å². The van der Waals surface area contributed by atoms with E-state index in [9.17, 15) is 14.4 Å². The molecule has 2 aliphatic rings. The van der Waals surface area contributed by atoms with Crippen LogP contribution < -0.4 is 10.2 Å². The van der Waals surface area contributed by atoms with Crippen LogP contribution in [0.25, 0.3) is 10.9 Å². The first-order valence-corrected chi connectivity index (χ1v) is 11.0. The molecule has 158 valence electrons. The van der Waals surface area contributed by atoms with E-state index in [1.54, 1.807) is 24.3 Å². The normalized spacial score (nSPS) is 19.2.